The lowest BCUT2D eigenvalue weighted by Crippen LogP contribution is -2.32. The van der Waals surface area contributed by atoms with Crippen molar-refractivity contribution in [3.8, 4) is 17.0 Å². The van der Waals surface area contributed by atoms with Crippen LogP contribution in [0.25, 0.3) is 22.0 Å². The molecular weight excluding hydrogens is 520 g/mol. The molecule has 2 heterocycles. The number of hydrogen-bond acceptors (Lipinski definition) is 7. The Hall–Kier alpha value is -4.39. The van der Waals surface area contributed by atoms with E-state index in [2.05, 4.69) is 20.0 Å². The summed E-state index contributed by atoms with van der Waals surface area (Å²) in [6, 6.07) is 8.90. The number of nitrogens with one attached hydrogen (secondary N) is 2. The van der Waals surface area contributed by atoms with Crippen LogP contribution in [-0.2, 0) is 21.4 Å². The van der Waals surface area contributed by atoms with Crippen molar-refractivity contribution in [1.82, 2.24) is 19.9 Å². The number of ether oxygens (including phenoxy) is 1. The van der Waals surface area contributed by atoms with Crippen LogP contribution in [0.4, 0.5) is 14.5 Å². The van der Waals surface area contributed by atoms with Crippen molar-refractivity contribution in [2.75, 3.05) is 18.9 Å². The summed E-state index contributed by atoms with van der Waals surface area (Å²) in [6.45, 7) is 1.80. The Bertz CT molecular complexity index is 1690. The minimum Gasteiger partial charge on any atom is -0.480 e. The fourth-order valence-electron chi connectivity index (χ4n) is 3.87. The Labute approximate surface area is 216 Å². The molecule has 2 aromatic heterocycles. The first-order chi connectivity index (χ1) is 18.1. The molecule has 0 saturated heterocycles. The van der Waals surface area contributed by atoms with Crippen LogP contribution in [-0.4, -0.2) is 43.0 Å². The van der Waals surface area contributed by atoms with Gasteiger partial charge in [0.1, 0.15) is 17.3 Å². The first-order valence-corrected chi connectivity index (χ1v) is 12.8. The van der Waals surface area contributed by atoms with Gasteiger partial charge in [-0.3, -0.25) is 18.9 Å². The smallest absolute Gasteiger partial charge is 0.267 e. The summed E-state index contributed by atoms with van der Waals surface area (Å²) in [7, 11) is -1.92. The van der Waals surface area contributed by atoms with E-state index in [4.69, 9.17) is 4.74 Å². The van der Waals surface area contributed by atoms with Gasteiger partial charge in [0.2, 0.25) is 11.8 Å². The van der Waals surface area contributed by atoms with Crippen molar-refractivity contribution in [2.24, 2.45) is 5.92 Å². The number of anilines is 1. The highest BCUT2D eigenvalue weighted by Gasteiger charge is 2.25. The van der Waals surface area contributed by atoms with Gasteiger partial charge in [0.05, 0.1) is 30.3 Å². The van der Waals surface area contributed by atoms with E-state index < -0.39 is 32.5 Å². The van der Waals surface area contributed by atoms with E-state index in [0.29, 0.717) is 16.6 Å². The summed E-state index contributed by atoms with van der Waals surface area (Å²) in [4.78, 5) is 32.3. The number of methoxy groups -OCH3 is 1. The number of fused-ring (bicyclic) bond motifs is 1. The zero-order valence-corrected chi connectivity index (χ0v) is 21.3. The third-order valence-corrected chi connectivity index (χ3v) is 7.21. The van der Waals surface area contributed by atoms with Crippen LogP contribution in [0.1, 0.15) is 6.92 Å². The molecule has 1 amide bonds. The van der Waals surface area contributed by atoms with E-state index in [9.17, 15) is 26.8 Å². The Morgan fingerprint density at radius 3 is 2.47 bits per heavy atom. The lowest BCUT2D eigenvalue weighted by Gasteiger charge is -2.14. The highest BCUT2D eigenvalue weighted by atomic mass is 32.2. The van der Waals surface area contributed by atoms with Gasteiger partial charge in [-0.2, -0.15) is 0 Å². The number of sulfonamides is 1. The molecule has 13 heteroatoms. The van der Waals surface area contributed by atoms with Gasteiger partial charge >= 0.3 is 0 Å². The average molecular weight is 544 g/mol. The summed E-state index contributed by atoms with van der Waals surface area (Å²) < 4.78 is 62.6. The number of nitrogens with zero attached hydrogens (tertiary/aromatic N) is 3. The van der Waals surface area contributed by atoms with E-state index in [1.54, 1.807) is 25.1 Å². The third kappa shape index (κ3) is 5.18. The first kappa shape index (κ1) is 26.7. The van der Waals surface area contributed by atoms with Crippen molar-refractivity contribution in [3.63, 3.8) is 0 Å². The minimum absolute atomic E-state index is 0.119. The second-order valence-corrected chi connectivity index (χ2v) is 10.0. The number of rotatable bonds is 8. The van der Waals surface area contributed by atoms with Crippen LogP contribution in [0, 0.1) is 17.6 Å². The Morgan fingerprint density at radius 2 is 1.82 bits per heavy atom. The molecule has 0 aliphatic carbocycles. The molecule has 0 bridgehead atoms. The average Bonchev–Trinajstić information content (AvgIpc) is 2.89. The summed E-state index contributed by atoms with van der Waals surface area (Å²) in [5.41, 5.74) is 0.745. The number of hydrogen-bond donors (Lipinski definition) is 2. The normalized spacial score (nSPS) is 12.2. The molecule has 4 rings (SSSR count). The van der Waals surface area contributed by atoms with E-state index in [1.807, 2.05) is 0 Å². The monoisotopic (exact) mass is 543 g/mol. The van der Waals surface area contributed by atoms with Crippen LogP contribution >= 0.6 is 0 Å². The molecule has 0 aliphatic heterocycles. The van der Waals surface area contributed by atoms with Gasteiger partial charge < -0.3 is 10.1 Å². The zero-order valence-electron chi connectivity index (χ0n) is 20.5. The van der Waals surface area contributed by atoms with E-state index >= 15 is 0 Å². The first-order valence-electron chi connectivity index (χ1n) is 11.3. The highest BCUT2D eigenvalue weighted by molar-refractivity contribution is 7.92. The van der Waals surface area contributed by atoms with E-state index in [1.165, 1.54) is 37.3 Å². The maximum atomic E-state index is 14.2. The number of pyridine rings is 1. The molecule has 38 heavy (non-hydrogen) atoms. The van der Waals surface area contributed by atoms with Gasteiger partial charge in [0.15, 0.2) is 4.90 Å². The predicted molar refractivity (Wildman–Crippen MR) is 136 cm³/mol. The molecule has 4 aromatic rings. The fraction of sp³-hybridized carbons (Fsp3) is 0.200. The molecule has 10 nitrogen and oxygen atoms in total. The number of aromatic nitrogens is 3. The third-order valence-electron chi connectivity index (χ3n) is 5.80. The minimum atomic E-state index is -4.69. The molecule has 2 aromatic carbocycles. The molecule has 0 unspecified atom stereocenters. The Morgan fingerprint density at radius 1 is 1.11 bits per heavy atom. The largest absolute Gasteiger partial charge is 0.480 e. The van der Waals surface area contributed by atoms with Crippen LogP contribution in [0.5, 0.6) is 5.88 Å². The molecule has 0 radical (unpaired) electrons. The van der Waals surface area contributed by atoms with E-state index in [-0.39, 0.29) is 35.0 Å². The molecule has 0 fully saturated rings. The molecule has 0 saturated carbocycles. The standard InChI is InChI=1S/C25H23F2N5O5S/c1-14(23(33)28-2)12-32-13-30-20-8-7-15(9-17(20)25(32)34)16-10-21(24(37-3)29-11-16)31-38(35,36)22-18(26)5-4-6-19(22)27/h4-11,13-14,31H,12H2,1-3H3,(H,28,33)/t14-/m1/s1. The van der Waals surface area contributed by atoms with Gasteiger partial charge in [-0.25, -0.2) is 27.2 Å². The van der Waals surface area contributed by atoms with Gasteiger partial charge in [-0.1, -0.05) is 19.1 Å². The topological polar surface area (TPSA) is 132 Å². The van der Waals surface area contributed by atoms with Crippen LogP contribution in [0.3, 0.4) is 0 Å². The van der Waals surface area contributed by atoms with Gasteiger partial charge in [0.25, 0.3) is 15.6 Å². The zero-order chi connectivity index (χ0) is 27.6. The molecule has 2 N–H and O–H groups in total. The number of carbonyl (C=O) groups excluding carboxylic acids is 1. The second kappa shape index (κ2) is 10.5. The summed E-state index contributed by atoms with van der Waals surface area (Å²) >= 11 is 0. The lowest BCUT2D eigenvalue weighted by molar-refractivity contribution is -0.124. The number of carbonyl (C=O) groups is 1. The molecule has 0 aliphatic rings. The maximum absolute atomic E-state index is 14.2. The number of amides is 1. The van der Waals surface area contributed by atoms with Crippen molar-refractivity contribution < 1.29 is 26.7 Å². The summed E-state index contributed by atoms with van der Waals surface area (Å²) in [6.07, 6.45) is 2.76. The number of benzene rings is 2. The highest BCUT2D eigenvalue weighted by Crippen LogP contribution is 2.31. The van der Waals surface area contributed by atoms with Crippen LogP contribution in [0.15, 0.2) is 64.7 Å². The lowest BCUT2D eigenvalue weighted by atomic mass is 10.0. The van der Waals surface area contributed by atoms with Crippen molar-refractivity contribution in [2.45, 2.75) is 18.4 Å². The Balaban J connectivity index is 1.75. The van der Waals surface area contributed by atoms with Gasteiger partial charge in [-0.15, -0.1) is 0 Å². The summed E-state index contributed by atoms with van der Waals surface area (Å²) in [5.74, 6) is -3.35. The summed E-state index contributed by atoms with van der Waals surface area (Å²) in [5, 5.41) is 2.80. The quantitative estimate of drug-likeness (QED) is 0.349. The fourth-order valence-corrected chi connectivity index (χ4v) is 5.06. The maximum Gasteiger partial charge on any atom is 0.267 e. The molecule has 0 spiro atoms. The van der Waals surface area contributed by atoms with Crippen molar-refractivity contribution in [1.29, 1.82) is 0 Å². The van der Waals surface area contributed by atoms with Crippen molar-refractivity contribution >= 4 is 32.5 Å². The molecule has 1 atom stereocenters. The van der Waals surface area contributed by atoms with Crippen LogP contribution < -0.4 is 20.3 Å². The Kier molecular flexibility index (Phi) is 7.39. The van der Waals surface area contributed by atoms with Gasteiger partial charge in [-0.05, 0) is 35.9 Å². The molecule has 198 valence electrons. The number of halogens is 2. The predicted octanol–water partition coefficient (Wildman–Crippen LogP) is 2.93. The molecular formula is C25H23F2N5O5S. The van der Waals surface area contributed by atoms with Crippen LogP contribution in [0.2, 0.25) is 0 Å². The SMILES string of the molecule is CNC(=O)[C@H](C)Cn1cnc2ccc(-c3cnc(OC)c(NS(=O)(=O)c4c(F)cccc4F)c3)cc2c1=O. The van der Waals surface area contributed by atoms with Crippen molar-refractivity contribution in [3.05, 3.63) is 77.0 Å². The van der Waals surface area contributed by atoms with Gasteiger partial charge in [0, 0.05) is 25.4 Å². The second-order valence-electron chi connectivity index (χ2n) is 8.39. The van der Waals surface area contributed by atoms with E-state index in [0.717, 1.165) is 18.2 Å².